The van der Waals surface area contributed by atoms with E-state index in [2.05, 4.69) is 0 Å². The third-order valence-electron chi connectivity index (χ3n) is 3.78. The molecule has 0 fully saturated rings. The monoisotopic (exact) mass is 338 g/mol. The van der Waals surface area contributed by atoms with E-state index in [1.54, 1.807) is 32.1 Å². The molecule has 1 aliphatic rings. The molecule has 0 unspecified atom stereocenters. The third-order valence-corrected chi connectivity index (χ3v) is 3.78. The van der Waals surface area contributed by atoms with Gasteiger partial charge in [0, 0.05) is 5.56 Å². The summed E-state index contributed by atoms with van der Waals surface area (Å²) >= 11 is 0. The minimum atomic E-state index is -0.441. The Balaban J connectivity index is 1.82. The average Bonchev–Trinajstić information content (AvgIpc) is 2.93. The van der Waals surface area contributed by atoms with Crippen molar-refractivity contribution in [1.82, 2.24) is 0 Å². The van der Waals surface area contributed by atoms with Crippen molar-refractivity contribution in [2.24, 2.45) is 0 Å². The first-order valence-corrected chi connectivity index (χ1v) is 8.01. The van der Waals surface area contributed by atoms with Crippen LogP contribution in [0, 0.1) is 6.92 Å². The quantitative estimate of drug-likeness (QED) is 0.616. The van der Waals surface area contributed by atoms with Gasteiger partial charge in [-0.25, -0.2) is 4.79 Å². The van der Waals surface area contributed by atoms with Crippen molar-refractivity contribution in [3.8, 4) is 11.5 Å². The number of benzene rings is 2. The summed E-state index contributed by atoms with van der Waals surface area (Å²) in [6.07, 6.45) is 1.71. The van der Waals surface area contributed by atoms with Crippen molar-refractivity contribution in [3.63, 3.8) is 0 Å². The number of fused-ring (bicyclic) bond motifs is 1. The molecule has 0 saturated heterocycles. The second-order valence-corrected chi connectivity index (χ2v) is 5.51. The molecule has 3 rings (SSSR count). The van der Waals surface area contributed by atoms with Crippen LogP contribution >= 0.6 is 0 Å². The number of hydrogen-bond donors (Lipinski definition) is 0. The highest BCUT2D eigenvalue weighted by Crippen LogP contribution is 2.39. The van der Waals surface area contributed by atoms with E-state index in [4.69, 9.17) is 14.2 Å². The molecular weight excluding hydrogens is 320 g/mol. The fraction of sp³-hybridized carbons (Fsp3) is 0.200. The van der Waals surface area contributed by atoms with Crippen LogP contribution in [-0.4, -0.2) is 25.0 Å². The summed E-state index contributed by atoms with van der Waals surface area (Å²) in [6, 6.07) is 12.8. The minimum absolute atomic E-state index is 0.168. The maximum Gasteiger partial charge on any atom is 0.344 e. The summed E-state index contributed by atoms with van der Waals surface area (Å²) < 4.78 is 16.1. The number of Topliss-reactive ketones (excluding diaryl/α,β-unsaturated/α-hetero) is 1. The van der Waals surface area contributed by atoms with Crippen LogP contribution in [0.15, 0.2) is 48.2 Å². The molecule has 0 aliphatic carbocycles. The fourth-order valence-electron chi connectivity index (χ4n) is 2.56. The Morgan fingerprint density at radius 2 is 1.92 bits per heavy atom. The first kappa shape index (κ1) is 16.8. The summed E-state index contributed by atoms with van der Waals surface area (Å²) in [7, 11) is 0. The summed E-state index contributed by atoms with van der Waals surface area (Å²) in [5, 5.41) is 0. The molecule has 1 aliphatic heterocycles. The van der Waals surface area contributed by atoms with Crippen LogP contribution in [0.4, 0.5) is 0 Å². The molecule has 128 valence electrons. The number of ether oxygens (including phenoxy) is 3. The van der Waals surface area contributed by atoms with Crippen molar-refractivity contribution in [2.75, 3.05) is 13.2 Å². The van der Waals surface area contributed by atoms with E-state index in [1.807, 2.05) is 30.3 Å². The van der Waals surface area contributed by atoms with Crippen molar-refractivity contribution in [3.05, 3.63) is 64.9 Å². The molecule has 5 heteroatoms. The zero-order valence-corrected chi connectivity index (χ0v) is 14.1. The van der Waals surface area contributed by atoms with Gasteiger partial charge in [-0.2, -0.15) is 0 Å². The Morgan fingerprint density at radius 1 is 1.16 bits per heavy atom. The van der Waals surface area contributed by atoms with Crippen molar-refractivity contribution in [2.45, 2.75) is 13.8 Å². The van der Waals surface area contributed by atoms with E-state index in [0.717, 1.165) is 5.56 Å². The number of ketones is 1. The molecular formula is C20H18O5. The molecule has 0 N–H and O–H groups in total. The molecule has 0 bridgehead atoms. The van der Waals surface area contributed by atoms with Gasteiger partial charge in [0.2, 0.25) is 5.78 Å². The topological polar surface area (TPSA) is 61.8 Å². The molecule has 0 saturated carbocycles. The van der Waals surface area contributed by atoms with Crippen LogP contribution in [0.1, 0.15) is 28.4 Å². The van der Waals surface area contributed by atoms with E-state index in [0.29, 0.717) is 29.2 Å². The highest BCUT2D eigenvalue weighted by molar-refractivity contribution is 6.14. The lowest BCUT2D eigenvalue weighted by molar-refractivity contribution is -0.145. The van der Waals surface area contributed by atoms with Gasteiger partial charge < -0.3 is 14.2 Å². The summed E-state index contributed by atoms with van der Waals surface area (Å²) in [5.74, 6) is 0.615. The molecule has 2 aromatic rings. The van der Waals surface area contributed by atoms with Crippen LogP contribution in [0.2, 0.25) is 0 Å². The number of allylic oxidation sites excluding steroid dienone is 1. The first-order chi connectivity index (χ1) is 12.1. The predicted molar refractivity (Wildman–Crippen MR) is 92.7 cm³/mol. The Kier molecular flexibility index (Phi) is 4.84. The van der Waals surface area contributed by atoms with Gasteiger partial charge in [-0.05, 0) is 37.6 Å². The van der Waals surface area contributed by atoms with E-state index in [-0.39, 0.29) is 18.1 Å². The fourth-order valence-corrected chi connectivity index (χ4v) is 2.56. The zero-order valence-electron chi connectivity index (χ0n) is 14.1. The second kappa shape index (κ2) is 7.21. The molecule has 1 heterocycles. The van der Waals surface area contributed by atoms with Gasteiger partial charge in [-0.15, -0.1) is 0 Å². The van der Waals surface area contributed by atoms with Gasteiger partial charge in [-0.3, -0.25) is 4.79 Å². The van der Waals surface area contributed by atoms with Gasteiger partial charge in [0.05, 0.1) is 12.2 Å². The normalized spacial score (nSPS) is 14.2. The molecule has 0 spiro atoms. The summed E-state index contributed by atoms with van der Waals surface area (Å²) in [4.78, 5) is 23.9. The minimum Gasteiger partial charge on any atom is -0.481 e. The van der Waals surface area contributed by atoms with Gasteiger partial charge in [0.25, 0.3) is 0 Å². The SMILES string of the molecule is CCOC(=O)COc1ccc2c(c1C)O/C(=C\c1ccccc1)C2=O. The maximum atomic E-state index is 12.5. The number of carbonyl (C=O) groups excluding carboxylic acids is 2. The lowest BCUT2D eigenvalue weighted by Crippen LogP contribution is -2.15. The van der Waals surface area contributed by atoms with Crippen LogP contribution in [0.25, 0.3) is 6.08 Å². The van der Waals surface area contributed by atoms with E-state index >= 15 is 0 Å². The highest BCUT2D eigenvalue weighted by Gasteiger charge is 2.30. The van der Waals surface area contributed by atoms with Crippen molar-refractivity contribution >= 4 is 17.8 Å². The largest absolute Gasteiger partial charge is 0.481 e. The summed E-state index contributed by atoms with van der Waals surface area (Å²) in [5.41, 5.74) is 2.05. The summed E-state index contributed by atoms with van der Waals surface area (Å²) in [6.45, 7) is 3.64. The molecule has 25 heavy (non-hydrogen) atoms. The second-order valence-electron chi connectivity index (χ2n) is 5.51. The van der Waals surface area contributed by atoms with Crippen LogP contribution in [-0.2, 0) is 9.53 Å². The van der Waals surface area contributed by atoms with Gasteiger partial charge >= 0.3 is 5.97 Å². The van der Waals surface area contributed by atoms with E-state index in [9.17, 15) is 9.59 Å². The van der Waals surface area contributed by atoms with Gasteiger partial charge in [0.1, 0.15) is 11.5 Å². The van der Waals surface area contributed by atoms with Gasteiger partial charge in [0.15, 0.2) is 12.4 Å². The first-order valence-electron chi connectivity index (χ1n) is 8.01. The molecule has 0 radical (unpaired) electrons. The van der Waals surface area contributed by atoms with Crippen molar-refractivity contribution in [1.29, 1.82) is 0 Å². The number of carbonyl (C=O) groups is 2. The van der Waals surface area contributed by atoms with E-state index in [1.165, 1.54) is 0 Å². The number of esters is 1. The standard InChI is InChI=1S/C20H18O5/c1-3-23-18(21)12-24-16-10-9-15-19(22)17(25-20(15)13(16)2)11-14-7-5-4-6-8-14/h4-11H,3,12H2,1-2H3/b17-11-. The maximum absolute atomic E-state index is 12.5. The highest BCUT2D eigenvalue weighted by atomic mass is 16.6. The average molecular weight is 338 g/mol. The Hall–Kier alpha value is -3.08. The van der Waals surface area contributed by atoms with Crippen LogP contribution < -0.4 is 9.47 Å². The number of rotatable bonds is 5. The van der Waals surface area contributed by atoms with Crippen LogP contribution in [0.5, 0.6) is 11.5 Å². The smallest absolute Gasteiger partial charge is 0.344 e. The van der Waals surface area contributed by atoms with E-state index < -0.39 is 5.97 Å². The lowest BCUT2D eigenvalue weighted by atomic mass is 10.1. The molecule has 0 amide bonds. The zero-order chi connectivity index (χ0) is 17.8. The molecule has 0 aromatic heterocycles. The third kappa shape index (κ3) is 3.55. The predicted octanol–water partition coefficient (Wildman–Crippen LogP) is 3.55. The van der Waals surface area contributed by atoms with Gasteiger partial charge in [-0.1, -0.05) is 30.3 Å². The lowest BCUT2D eigenvalue weighted by Gasteiger charge is -2.10. The Morgan fingerprint density at radius 3 is 2.64 bits per heavy atom. The molecule has 5 nitrogen and oxygen atoms in total. The van der Waals surface area contributed by atoms with Crippen LogP contribution in [0.3, 0.4) is 0 Å². The Labute approximate surface area is 145 Å². The Bertz CT molecular complexity index is 837. The number of hydrogen-bond acceptors (Lipinski definition) is 5. The molecule has 0 atom stereocenters. The molecule has 2 aromatic carbocycles. The van der Waals surface area contributed by atoms with Crippen molar-refractivity contribution < 1.29 is 23.8 Å².